The van der Waals surface area contributed by atoms with Crippen LogP contribution in [-0.4, -0.2) is 35.9 Å². The number of carbonyl (C=O) groups is 3. The number of furan rings is 1. The molecule has 3 aromatic carbocycles. The molecule has 8 nitrogen and oxygen atoms in total. The molecule has 1 fully saturated rings. The number of nitrogens with zero attached hydrogens (tertiary/aromatic N) is 1. The smallest absolute Gasteiger partial charge is 0.270 e. The fourth-order valence-electron chi connectivity index (χ4n) is 4.24. The van der Waals surface area contributed by atoms with E-state index in [4.69, 9.17) is 37.7 Å². The van der Waals surface area contributed by atoms with Crippen molar-refractivity contribution in [3.63, 3.8) is 0 Å². The molecule has 2 aliphatic rings. The number of hydrogen-bond donors (Lipinski definition) is 1. The van der Waals surface area contributed by atoms with Crippen LogP contribution in [0, 0.1) is 0 Å². The summed E-state index contributed by atoms with van der Waals surface area (Å²) < 4.78 is 16.9. The average Bonchev–Trinajstić information content (AvgIpc) is 3.35. The van der Waals surface area contributed by atoms with Gasteiger partial charge in [0.25, 0.3) is 11.8 Å². The Balaban J connectivity index is 1.30. The molecule has 0 atom stereocenters. The van der Waals surface area contributed by atoms with Gasteiger partial charge in [0.1, 0.15) is 24.4 Å². The summed E-state index contributed by atoms with van der Waals surface area (Å²) in [5, 5.41) is 3.67. The maximum absolute atomic E-state index is 13.2. The van der Waals surface area contributed by atoms with Crippen LogP contribution < -0.4 is 19.7 Å². The fraction of sp³-hybridized carbons (Fsp3) is 0.0714. The standard InChI is InChI=1S/C28H17ClN2O6S/c29-18-3-5-19(6-4-18)31-27(34)20(26(33)30-28(31)38)12-15-1-7-21-17(11-15)14-24(37-21)25(32)16-2-8-22-23(13-16)36-10-9-35-22/h1-8,11-14H,9-10H2,(H,30,33,38)/b20-12+. The van der Waals surface area contributed by atoms with Crippen LogP contribution in [0.1, 0.15) is 21.7 Å². The van der Waals surface area contributed by atoms with Crippen LogP contribution in [0.5, 0.6) is 11.5 Å². The average molecular weight is 545 g/mol. The molecule has 10 heteroatoms. The van der Waals surface area contributed by atoms with Gasteiger partial charge in [-0.15, -0.1) is 0 Å². The zero-order valence-electron chi connectivity index (χ0n) is 19.5. The first-order chi connectivity index (χ1) is 18.4. The van der Waals surface area contributed by atoms with E-state index >= 15 is 0 Å². The molecule has 4 aromatic rings. The monoisotopic (exact) mass is 544 g/mol. The normalized spacial score (nSPS) is 16.2. The van der Waals surface area contributed by atoms with E-state index in [1.807, 2.05) is 0 Å². The Hall–Kier alpha value is -4.47. The molecule has 0 radical (unpaired) electrons. The molecular formula is C28H17ClN2O6S. The van der Waals surface area contributed by atoms with Gasteiger partial charge in [-0.1, -0.05) is 17.7 Å². The SMILES string of the molecule is O=C1NC(=S)N(c2ccc(Cl)cc2)C(=O)/C1=C/c1ccc2oc(C(=O)c3ccc4c(c3)OCCO4)cc2c1. The lowest BCUT2D eigenvalue weighted by Crippen LogP contribution is -2.54. The highest BCUT2D eigenvalue weighted by Gasteiger charge is 2.34. The first-order valence-corrected chi connectivity index (χ1v) is 12.3. The minimum Gasteiger partial charge on any atom is -0.486 e. The van der Waals surface area contributed by atoms with Crippen molar-refractivity contribution in [3.8, 4) is 11.5 Å². The topological polar surface area (TPSA) is 98.1 Å². The molecule has 3 heterocycles. The zero-order valence-corrected chi connectivity index (χ0v) is 21.1. The minimum absolute atomic E-state index is 0.0212. The van der Waals surface area contributed by atoms with Crippen LogP contribution in [-0.2, 0) is 9.59 Å². The number of hydrogen-bond acceptors (Lipinski definition) is 7. The number of nitrogens with one attached hydrogen (secondary N) is 1. The van der Waals surface area contributed by atoms with E-state index in [2.05, 4.69) is 5.32 Å². The van der Waals surface area contributed by atoms with Gasteiger partial charge in [-0.3, -0.25) is 24.6 Å². The van der Waals surface area contributed by atoms with Gasteiger partial charge in [-0.2, -0.15) is 0 Å². The summed E-state index contributed by atoms with van der Waals surface area (Å²) in [4.78, 5) is 40.2. The van der Waals surface area contributed by atoms with E-state index in [0.717, 1.165) is 0 Å². The zero-order chi connectivity index (χ0) is 26.4. The Labute approximate surface area is 226 Å². The molecule has 6 rings (SSSR count). The van der Waals surface area contributed by atoms with Crippen molar-refractivity contribution in [2.45, 2.75) is 0 Å². The number of thiocarbonyl (C=S) groups is 1. The number of halogens is 1. The molecule has 1 aromatic heterocycles. The van der Waals surface area contributed by atoms with Crippen molar-refractivity contribution >= 4 is 69.3 Å². The predicted molar refractivity (Wildman–Crippen MR) is 145 cm³/mol. The highest BCUT2D eigenvalue weighted by atomic mass is 35.5. The summed E-state index contributed by atoms with van der Waals surface area (Å²) in [7, 11) is 0. The first-order valence-electron chi connectivity index (χ1n) is 11.5. The molecule has 0 saturated carbocycles. The van der Waals surface area contributed by atoms with E-state index in [1.54, 1.807) is 66.7 Å². The summed E-state index contributed by atoms with van der Waals surface area (Å²) in [5.74, 6) is -0.240. The van der Waals surface area contributed by atoms with Gasteiger partial charge in [-0.25, -0.2) is 0 Å². The lowest BCUT2D eigenvalue weighted by Gasteiger charge is -2.28. The second-order valence-electron chi connectivity index (χ2n) is 8.53. The van der Waals surface area contributed by atoms with Crippen molar-refractivity contribution in [3.05, 3.63) is 94.2 Å². The van der Waals surface area contributed by atoms with Gasteiger partial charge < -0.3 is 13.9 Å². The van der Waals surface area contributed by atoms with Gasteiger partial charge in [0.05, 0.1) is 5.69 Å². The Bertz CT molecular complexity index is 1690. The Morgan fingerprint density at radius 3 is 2.50 bits per heavy atom. The third-order valence-corrected chi connectivity index (χ3v) is 6.60. The second kappa shape index (κ2) is 9.44. The predicted octanol–water partition coefficient (Wildman–Crippen LogP) is 4.92. The van der Waals surface area contributed by atoms with Crippen molar-refractivity contribution in [1.82, 2.24) is 5.32 Å². The number of ether oxygens (including phenoxy) is 2. The summed E-state index contributed by atoms with van der Waals surface area (Å²) in [5.41, 5.74) is 1.83. The van der Waals surface area contributed by atoms with Crippen LogP contribution >= 0.6 is 23.8 Å². The van der Waals surface area contributed by atoms with Crippen LogP contribution in [0.2, 0.25) is 5.02 Å². The molecular weight excluding hydrogens is 528 g/mol. The molecule has 0 spiro atoms. The summed E-state index contributed by atoms with van der Waals surface area (Å²) in [6.07, 6.45) is 1.47. The van der Waals surface area contributed by atoms with Crippen LogP contribution in [0.15, 0.2) is 76.7 Å². The maximum Gasteiger partial charge on any atom is 0.270 e. The molecule has 0 aliphatic carbocycles. The van der Waals surface area contributed by atoms with Gasteiger partial charge in [0.2, 0.25) is 5.78 Å². The van der Waals surface area contributed by atoms with Gasteiger partial charge in [0, 0.05) is 16.0 Å². The molecule has 0 unspecified atom stereocenters. The Morgan fingerprint density at radius 1 is 0.947 bits per heavy atom. The summed E-state index contributed by atoms with van der Waals surface area (Å²) in [6, 6.07) is 18.2. The molecule has 2 aliphatic heterocycles. The lowest BCUT2D eigenvalue weighted by atomic mass is 10.0. The molecule has 1 saturated heterocycles. The summed E-state index contributed by atoms with van der Waals surface area (Å²) in [6.45, 7) is 0.874. The second-order valence-corrected chi connectivity index (χ2v) is 9.35. The van der Waals surface area contributed by atoms with Gasteiger partial charge in [-0.05, 0) is 84.5 Å². The molecule has 38 heavy (non-hydrogen) atoms. The van der Waals surface area contributed by atoms with Gasteiger partial charge in [0.15, 0.2) is 22.4 Å². The third-order valence-electron chi connectivity index (χ3n) is 6.07. The maximum atomic E-state index is 13.2. The van der Waals surface area contributed by atoms with E-state index < -0.39 is 11.8 Å². The molecule has 1 N–H and O–H groups in total. The number of amides is 2. The third kappa shape index (κ3) is 4.31. The highest BCUT2D eigenvalue weighted by Crippen LogP contribution is 2.32. The van der Waals surface area contributed by atoms with Crippen molar-refractivity contribution in [2.75, 3.05) is 18.1 Å². The van der Waals surface area contributed by atoms with Crippen LogP contribution in [0.4, 0.5) is 5.69 Å². The lowest BCUT2D eigenvalue weighted by molar-refractivity contribution is -0.122. The minimum atomic E-state index is -0.605. The van der Waals surface area contributed by atoms with Crippen molar-refractivity contribution in [2.24, 2.45) is 0 Å². The number of benzene rings is 3. The van der Waals surface area contributed by atoms with Crippen LogP contribution in [0.3, 0.4) is 0 Å². The number of anilines is 1. The van der Waals surface area contributed by atoms with Crippen molar-refractivity contribution in [1.29, 1.82) is 0 Å². The number of carbonyl (C=O) groups excluding carboxylic acids is 3. The Kier molecular flexibility index (Phi) is 5.94. The number of ketones is 1. The Morgan fingerprint density at radius 2 is 1.71 bits per heavy atom. The summed E-state index contributed by atoms with van der Waals surface area (Å²) >= 11 is 11.2. The van der Waals surface area contributed by atoms with Crippen molar-refractivity contribution < 1.29 is 28.3 Å². The number of rotatable bonds is 4. The largest absolute Gasteiger partial charge is 0.486 e. The van der Waals surface area contributed by atoms with Gasteiger partial charge >= 0.3 is 0 Å². The van der Waals surface area contributed by atoms with Crippen LogP contribution in [0.25, 0.3) is 17.0 Å². The first kappa shape index (κ1) is 23.9. The fourth-order valence-corrected chi connectivity index (χ4v) is 4.65. The van der Waals surface area contributed by atoms with E-state index in [9.17, 15) is 14.4 Å². The number of fused-ring (bicyclic) bond motifs is 2. The van der Waals surface area contributed by atoms with E-state index in [1.165, 1.54) is 11.0 Å². The molecule has 2 amide bonds. The molecule has 188 valence electrons. The molecule has 0 bridgehead atoms. The quantitative estimate of drug-likeness (QED) is 0.168. The highest BCUT2D eigenvalue weighted by molar-refractivity contribution is 7.80. The van der Waals surface area contributed by atoms with E-state index in [-0.39, 0.29) is 22.2 Å². The van der Waals surface area contributed by atoms with E-state index in [0.29, 0.717) is 57.5 Å².